The first-order chi connectivity index (χ1) is 9.76. The predicted octanol–water partition coefficient (Wildman–Crippen LogP) is 2.14. The van der Waals surface area contributed by atoms with Gasteiger partial charge in [0.05, 0.1) is 0 Å². The summed E-state index contributed by atoms with van der Waals surface area (Å²) in [5.74, 6) is 7.75. The summed E-state index contributed by atoms with van der Waals surface area (Å²) in [6.07, 6.45) is 3.10. The van der Waals surface area contributed by atoms with Gasteiger partial charge in [-0.1, -0.05) is 17.7 Å². The standard InChI is InChI=1S/C15H18N4O/c1-10-5-7-11(8-6-10)20-9-14-17-13-4-2-3-12(13)15(18-14)19-16/h5-8H,2-4,9,16H2,1H3,(H,17,18,19). The summed E-state index contributed by atoms with van der Waals surface area (Å²) in [5.41, 5.74) is 6.11. The van der Waals surface area contributed by atoms with Crippen LogP contribution in [-0.4, -0.2) is 9.97 Å². The minimum atomic E-state index is 0.352. The molecule has 0 saturated carbocycles. The van der Waals surface area contributed by atoms with Crippen LogP contribution in [0.3, 0.4) is 0 Å². The lowest BCUT2D eigenvalue weighted by molar-refractivity contribution is 0.295. The number of hydrogen-bond donors (Lipinski definition) is 2. The molecule has 104 valence electrons. The molecule has 2 aromatic rings. The molecule has 1 heterocycles. The Morgan fingerprint density at radius 1 is 1.20 bits per heavy atom. The molecule has 0 bridgehead atoms. The number of nitrogens with one attached hydrogen (secondary N) is 1. The third kappa shape index (κ3) is 2.58. The molecular formula is C15H18N4O. The quantitative estimate of drug-likeness (QED) is 0.657. The second-order valence-electron chi connectivity index (χ2n) is 5.01. The normalized spacial score (nSPS) is 13.1. The molecule has 1 aromatic carbocycles. The molecule has 0 saturated heterocycles. The van der Waals surface area contributed by atoms with Gasteiger partial charge >= 0.3 is 0 Å². The molecule has 1 aromatic heterocycles. The fourth-order valence-corrected chi connectivity index (χ4v) is 2.45. The number of fused-ring (bicyclic) bond motifs is 1. The SMILES string of the molecule is Cc1ccc(OCc2nc3c(c(NN)n2)CCC3)cc1. The van der Waals surface area contributed by atoms with Crippen molar-refractivity contribution in [2.45, 2.75) is 32.8 Å². The van der Waals surface area contributed by atoms with Gasteiger partial charge in [0.1, 0.15) is 18.2 Å². The summed E-state index contributed by atoms with van der Waals surface area (Å²) in [5, 5.41) is 0. The zero-order chi connectivity index (χ0) is 13.9. The highest BCUT2D eigenvalue weighted by molar-refractivity contribution is 5.47. The van der Waals surface area contributed by atoms with Crippen molar-refractivity contribution in [2.24, 2.45) is 5.84 Å². The van der Waals surface area contributed by atoms with Crippen molar-refractivity contribution >= 4 is 5.82 Å². The van der Waals surface area contributed by atoms with Crippen molar-refractivity contribution in [2.75, 3.05) is 5.43 Å². The monoisotopic (exact) mass is 270 g/mol. The Kier molecular flexibility index (Phi) is 3.52. The largest absolute Gasteiger partial charge is 0.486 e. The first-order valence-electron chi connectivity index (χ1n) is 6.81. The molecule has 5 heteroatoms. The predicted molar refractivity (Wildman–Crippen MR) is 77.4 cm³/mol. The Balaban J connectivity index is 1.76. The molecule has 1 aliphatic carbocycles. The number of benzene rings is 1. The highest BCUT2D eigenvalue weighted by Crippen LogP contribution is 2.25. The fourth-order valence-electron chi connectivity index (χ4n) is 2.45. The average molecular weight is 270 g/mol. The Morgan fingerprint density at radius 2 is 2.00 bits per heavy atom. The van der Waals surface area contributed by atoms with Crippen LogP contribution in [-0.2, 0) is 19.4 Å². The van der Waals surface area contributed by atoms with Gasteiger partial charge in [0.2, 0.25) is 0 Å². The molecule has 20 heavy (non-hydrogen) atoms. The van der Waals surface area contributed by atoms with Gasteiger partial charge in [-0.2, -0.15) is 0 Å². The van der Waals surface area contributed by atoms with E-state index in [9.17, 15) is 0 Å². The number of rotatable bonds is 4. The van der Waals surface area contributed by atoms with Gasteiger partial charge in [-0.3, -0.25) is 0 Å². The molecule has 0 atom stereocenters. The molecule has 0 aliphatic heterocycles. The smallest absolute Gasteiger partial charge is 0.168 e. The molecule has 0 fully saturated rings. The van der Waals surface area contributed by atoms with Gasteiger partial charge in [-0.15, -0.1) is 0 Å². The molecule has 0 radical (unpaired) electrons. The van der Waals surface area contributed by atoms with Crippen LogP contribution in [0.15, 0.2) is 24.3 Å². The number of ether oxygens (including phenoxy) is 1. The highest BCUT2D eigenvalue weighted by atomic mass is 16.5. The van der Waals surface area contributed by atoms with E-state index in [-0.39, 0.29) is 0 Å². The van der Waals surface area contributed by atoms with E-state index in [1.165, 1.54) is 5.56 Å². The fraction of sp³-hybridized carbons (Fsp3) is 0.333. The zero-order valence-corrected chi connectivity index (χ0v) is 11.5. The lowest BCUT2D eigenvalue weighted by Gasteiger charge is -2.10. The summed E-state index contributed by atoms with van der Waals surface area (Å²) in [6, 6.07) is 7.94. The van der Waals surface area contributed by atoms with Crippen LogP contribution in [0.4, 0.5) is 5.82 Å². The number of hydrogen-bond acceptors (Lipinski definition) is 5. The van der Waals surface area contributed by atoms with E-state index < -0.39 is 0 Å². The third-order valence-electron chi connectivity index (χ3n) is 3.51. The number of hydrazine groups is 1. The minimum absolute atomic E-state index is 0.352. The first-order valence-corrected chi connectivity index (χ1v) is 6.81. The van der Waals surface area contributed by atoms with Gasteiger partial charge in [0, 0.05) is 11.3 Å². The van der Waals surface area contributed by atoms with Gasteiger partial charge in [-0.05, 0) is 38.3 Å². The molecule has 5 nitrogen and oxygen atoms in total. The van der Waals surface area contributed by atoms with Crippen molar-refractivity contribution in [3.63, 3.8) is 0 Å². The maximum atomic E-state index is 5.71. The number of nitrogens with two attached hydrogens (primary N) is 1. The van der Waals surface area contributed by atoms with Crippen LogP contribution >= 0.6 is 0 Å². The molecule has 0 spiro atoms. The molecule has 1 aliphatic rings. The van der Waals surface area contributed by atoms with Gasteiger partial charge in [-0.25, -0.2) is 15.8 Å². The van der Waals surface area contributed by atoms with E-state index in [2.05, 4.69) is 15.4 Å². The maximum Gasteiger partial charge on any atom is 0.168 e. The number of aromatic nitrogens is 2. The van der Waals surface area contributed by atoms with Crippen LogP contribution in [0.1, 0.15) is 29.1 Å². The van der Waals surface area contributed by atoms with Crippen molar-refractivity contribution in [3.05, 3.63) is 46.9 Å². The Labute approximate surface area is 118 Å². The van der Waals surface area contributed by atoms with Crippen molar-refractivity contribution in [1.82, 2.24) is 9.97 Å². The maximum absolute atomic E-state index is 5.71. The second-order valence-corrected chi connectivity index (χ2v) is 5.01. The lowest BCUT2D eigenvalue weighted by Crippen LogP contribution is -2.14. The van der Waals surface area contributed by atoms with Crippen molar-refractivity contribution in [3.8, 4) is 5.75 Å². The summed E-state index contributed by atoms with van der Waals surface area (Å²) in [7, 11) is 0. The Morgan fingerprint density at radius 3 is 2.75 bits per heavy atom. The number of nitrogens with zero attached hydrogens (tertiary/aromatic N) is 2. The summed E-state index contributed by atoms with van der Waals surface area (Å²) >= 11 is 0. The average Bonchev–Trinajstić information content (AvgIpc) is 2.94. The zero-order valence-electron chi connectivity index (χ0n) is 11.5. The van der Waals surface area contributed by atoms with E-state index in [1.54, 1.807) is 0 Å². The summed E-state index contributed by atoms with van der Waals surface area (Å²) < 4.78 is 5.71. The van der Waals surface area contributed by atoms with Crippen molar-refractivity contribution < 1.29 is 4.74 Å². The van der Waals surface area contributed by atoms with Gasteiger partial charge in [0.25, 0.3) is 0 Å². The van der Waals surface area contributed by atoms with E-state index in [1.807, 2.05) is 31.2 Å². The highest BCUT2D eigenvalue weighted by Gasteiger charge is 2.18. The Hall–Kier alpha value is -2.14. The van der Waals surface area contributed by atoms with Crippen LogP contribution < -0.4 is 16.0 Å². The molecule has 3 N–H and O–H groups in total. The number of anilines is 1. The van der Waals surface area contributed by atoms with Crippen LogP contribution in [0, 0.1) is 6.92 Å². The van der Waals surface area contributed by atoms with E-state index in [0.717, 1.165) is 42.1 Å². The topological polar surface area (TPSA) is 73.1 Å². The molecule has 3 rings (SSSR count). The minimum Gasteiger partial charge on any atom is -0.486 e. The Bertz CT molecular complexity index is 610. The molecule has 0 amide bonds. The first kappa shape index (κ1) is 12.9. The second kappa shape index (κ2) is 5.46. The van der Waals surface area contributed by atoms with Crippen molar-refractivity contribution in [1.29, 1.82) is 0 Å². The van der Waals surface area contributed by atoms with Gasteiger partial charge < -0.3 is 10.2 Å². The van der Waals surface area contributed by atoms with Crippen LogP contribution in [0.2, 0.25) is 0 Å². The van der Waals surface area contributed by atoms with Crippen LogP contribution in [0.25, 0.3) is 0 Å². The van der Waals surface area contributed by atoms with E-state index in [4.69, 9.17) is 10.6 Å². The number of nitrogen functional groups attached to an aromatic ring is 1. The van der Waals surface area contributed by atoms with Gasteiger partial charge in [0.15, 0.2) is 5.82 Å². The van der Waals surface area contributed by atoms with Crippen LogP contribution in [0.5, 0.6) is 5.75 Å². The van der Waals surface area contributed by atoms with E-state index >= 15 is 0 Å². The summed E-state index contributed by atoms with van der Waals surface area (Å²) in [4.78, 5) is 8.99. The van der Waals surface area contributed by atoms with E-state index in [0.29, 0.717) is 12.4 Å². The molecular weight excluding hydrogens is 252 g/mol. The lowest BCUT2D eigenvalue weighted by atomic mass is 10.2. The number of aryl methyl sites for hydroxylation is 2. The third-order valence-corrected chi connectivity index (χ3v) is 3.51. The summed E-state index contributed by atoms with van der Waals surface area (Å²) in [6.45, 7) is 2.40. The molecule has 0 unspecified atom stereocenters.